The van der Waals surface area contributed by atoms with Gasteiger partial charge in [0, 0.05) is 31.3 Å². The zero-order chi connectivity index (χ0) is 13.5. The Morgan fingerprint density at radius 3 is 2.78 bits per heavy atom. The lowest BCUT2D eigenvalue weighted by atomic mass is 10.2. The summed E-state index contributed by atoms with van der Waals surface area (Å²) in [6, 6.07) is 7.17. The minimum atomic E-state index is 0.0613. The first kappa shape index (κ1) is 14.5. The van der Waals surface area contributed by atoms with Crippen LogP contribution < -0.4 is 10.2 Å². The second-order valence-corrected chi connectivity index (χ2v) is 4.68. The molecule has 18 heavy (non-hydrogen) atoms. The van der Waals surface area contributed by atoms with E-state index in [2.05, 4.69) is 19.2 Å². The fourth-order valence-corrected chi connectivity index (χ4v) is 1.64. The molecule has 0 atom stereocenters. The summed E-state index contributed by atoms with van der Waals surface area (Å²) in [5, 5.41) is 12.6. The van der Waals surface area contributed by atoms with Gasteiger partial charge in [-0.15, -0.1) is 0 Å². The zero-order valence-electron chi connectivity index (χ0n) is 11.3. The van der Waals surface area contributed by atoms with Crippen LogP contribution >= 0.6 is 0 Å². The number of amides is 1. The highest BCUT2D eigenvalue weighted by atomic mass is 16.3. The van der Waals surface area contributed by atoms with Gasteiger partial charge in [0.05, 0.1) is 0 Å². The molecule has 100 valence electrons. The molecule has 0 aliphatic heterocycles. The molecule has 2 N–H and O–H groups in total. The molecule has 0 fully saturated rings. The van der Waals surface area contributed by atoms with Crippen molar-refractivity contribution < 1.29 is 9.90 Å². The van der Waals surface area contributed by atoms with Crippen molar-refractivity contribution in [3.63, 3.8) is 0 Å². The highest BCUT2D eigenvalue weighted by Gasteiger charge is 2.10. The van der Waals surface area contributed by atoms with Gasteiger partial charge in [-0.3, -0.25) is 4.79 Å². The lowest BCUT2D eigenvalue weighted by molar-refractivity contribution is -0.118. The molecule has 0 aliphatic carbocycles. The van der Waals surface area contributed by atoms with Gasteiger partial charge in [-0.05, 0) is 25.1 Å². The summed E-state index contributed by atoms with van der Waals surface area (Å²) in [4.78, 5) is 13.5. The van der Waals surface area contributed by atoms with Crippen molar-refractivity contribution in [3.8, 4) is 5.75 Å². The SMILES string of the molecule is CC(C)NCCCC(=O)N(C)c1cccc(O)c1. The number of nitrogens with one attached hydrogen (secondary N) is 1. The second-order valence-electron chi connectivity index (χ2n) is 4.68. The van der Waals surface area contributed by atoms with Gasteiger partial charge in [0.2, 0.25) is 5.91 Å². The number of anilines is 1. The Labute approximate surface area is 109 Å². The largest absolute Gasteiger partial charge is 0.508 e. The molecule has 1 aromatic rings. The molecule has 0 aromatic heterocycles. The average molecular weight is 250 g/mol. The maximum absolute atomic E-state index is 11.9. The number of carbonyl (C=O) groups excluding carboxylic acids is 1. The van der Waals surface area contributed by atoms with Gasteiger partial charge in [-0.1, -0.05) is 19.9 Å². The number of nitrogens with zero attached hydrogens (tertiary/aromatic N) is 1. The summed E-state index contributed by atoms with van der Waals surface area (Å²) in [6.45, 7) is 5.01. The Bertz CT molecular complexity index is 391. The van der Waals surface area contributed by atoms with Gasteiger partial charge in [-0.25, -0.2) is 0 Å². The molecule has 0 unspecified atom stereocenters. The standard InChI is InChI=1S/C14H22N2O2/c1-11(2)15-9-5-8-14(18)16(3)12-6-4-7-13(17)10-12/h4,6-7,10-11,15,17H,5,8-9H2,1-3H3. The molecule has 1 amide bonds. The summed E-state index contributed by atoms with van der Waals surface area (Å²) in [7, 11) is 1.73. The van der Waals surface area contributed by atoms with Gasteiger partial charge < -0.3 is 15.3 Å². The van der Waals surface area contributed by atoms with E-state index in [0.29, 0.717) is 12.5 Å². The van der Waals surface area contributed by atoms with Crippen LogP contribution in [0.1, 0.15) is 26.7 Å². The summed E-state index contributed by atoms with van der Waals surface area (Å²) >= 11 is 0. The van der Waals surface area contributed by atoms with Crippen LogP contribution in [0.15, 0.2) is 24.3 Å². The Morgan fingerprint density at radius 1 is 1.44 bits per heavy atom. The van der Waals surface area contributed by atoms with E-state index in [1.807, 2.05) is 6.07 Å². The molecular formula is C14H22N2O2. The van der Waals surface area contributed by atoms with E-state index in [-0.39, 0.29) is 11.7 Å². The Balaban J connectivity index is 2.42. The Kier molecular flexibility index (Phi) is 5.65. The van der Waals surface area contributed by atoms with Crippen LogP contribution in [0.25, 0.3) is 0 Å². The number of phenolic OH excluding ortho intramolecular Hbond substituents is 1. The van der Waals surface area contributed by atoms with Crippen molar-refractivity contribution in [2.75, 3.05) is 18.5 Å². The number of carbonyl (C=O) groups is 1. The predicted molar refractivity (Wildman–Crippen MR) is 73.9 cm³/mol. The fourth-order valence-electron chi connectivity index (χ4n) is 1.64. The quantitative estimate of drug-likeness (QED) is 0.760. The van der Waals surface area contributed by atoms with Crippen LogP contribution in [0.4, 0.5) is 5.69 Å². The smallest absolute Gasteiger partial charge is 0.226 e. The lowest BCUT2D eigenvalue weighted by Gasteiger charge is -2.17. The monoisotopic (exact) mass is 250 g/mol. The first-order valence-electron chi connectivity index (χ1n) is 6.29. The van der Waals surface area contributed by atoms with Crippen LogP contribution in [0.2, 0.25) is 0 Å². The summed E-state index contributed by atoms with van der Waals surface area (Å²) in [5.41, 5.74) is 0.719. The number of hydrogen-bond donors (Lipinski definition) is 2. The van der Waals surface area contributed by atoms with Gasteiger partial charge in [0.1, 0.15) is 5.75 Å². The summed E-state index contributed by atoms with van der Waals surface area (Å²) in [6.07, 6.45) is 1.33. The number of phenols is 1. The van der Waals surface area contributed by atoms with E-state index in [0.717, 1.165) is 18.7 Å². The number of rotatable bonds is 6. The van der Waals surface area contributed by atoms with Crippen molar-refractivity contribution in [2.45, 2.75) is 32.7 Å². The third-order valence-corrected chi connectivity index (χ3v) is 2.71. The predicted octanol–water partition coefficient (Wildman–Crippen LogP) is 2.13. The highest BCUT2D eigenvalue weighted by Crippen LogP contribution is 2.19. The first-order chi connectivity index (χ1) is 8.50. The maximum Gasteiger partial charge on any atom is 0.226 e. The number of aromatic hydroxyl groups is 1. The van der Waals surface area contributed by atoms with Crippen LogP contribution in [-0.2, 0) is 4.79 Å². The highest BCUT2D eigenvalue weighted by molar-refractivity contribution is 5.92. The molecule has 0 bridgehead atoms. The molecule has 4 nitrogen and oxygen atoms in total. The number of hydrogen-bond acceptors (Lipinski definition) is 3. The second kappa shape index (κ2) is 7.01. The minimum Gasteiger partial charge on any atom is -0.508 e. The third kappa shape index (κ3) is 4.75. The van der Waals surface area contributed by atoms with Gasteiger partial charge in [0.25, 0.3) is 0 Å². The molecule has 4 heteroatoms. The van der Waals surface area contributed by atoms with Gasteiger partial charge in [0.15, 0.2) is 0 Å². The topological polar surface area (TPSA) is 52.6 Å². The van der Waals surface area contributed by atoms with Crippen molar-refractivity contribution >= 4 is 11.6 Å². The third-order valence-electron chi connectivity index (χ3n) is 2.71. The lowest BCUT2D eigenvalue weighted by Crippen LogP contribution is -2.28. The molecule has 0 aliphatic rings. The van der Waals surface area contributed by atoms with E-state index >= 15 is 0 Å². The van der Waals surface area contributed by atoms with E-state index in [1.54, 1.807) is 30.1 Å². The summed E-state index contributed by atoms with van der Waals surface area (Å²) < 4.78 is 0. The molecule has 1 aromatic carbocycles. The maximum atomic E-state index is 11.9. The molecule has 1 rings (SSSR count). The van der Waals surface area contributed by atoms with E-state index in [4.69, 9.17) is 0 Å². The van der Waals surface area contributed by atoms with Gasteiger partial charge in [-0.2, -0.15) is 0 Å². The molecular weight excluding hydrogens is 228 g/mol. The van der Waals surface area contributed by atoms with Crippen LogP contribution in [0.3, 0.4) is 0 Å². The Hall–Kier alpha value is -1.55. The van der Waals surface area contributed by atoms with Crippen molar-refractivity contribution in [1.82, 2.24) is 5.32 Å². The van der Waals surface area contributed by atoms with E-state index < -0.39 is 0 Å². The molecule has 0 saturated heterocycles. The van der Waals surface area contributed by atoms with Crippen molar-refractivity contribution in [2.24, 2.45) is 0 Å². The molecule has 0 spiro atoms. The van der Waals surface area contributed by atoms with Crippen LogP contribution in [-0.4, -0.2) is 30.6 Å². The van der Waals surface area contributed by atoms with Crippen LogP contribution in [0.5, 0.6) is 5.75 Å². The minimum absolute atomic E-state index is 0.0613. The molecule has 0 saturated carbocycles. The average Bonchev–Trinajstić information content (AvgIpc) is 2.33. The van der Waals surface area contributed by atoms with Crippen molar-refractivity contribution in [1.29, 1.82) is 0 Å². The zero-order valence-corrected chi connectivity index (χ0v) is 11.3. The number of benzene rings is 1. The Morgan fingerprint density at radius 2 is 2.17 bits per heavy atom. The fraction of sp³-hybridized carbons (Fsp3) is 0.500. The van der Waals surface area contributed by atoms with E-state index in [9.17, 15) is 9.90 Å². The van der Waals surface area contributed by atoms with Crippen LogP contribution in [0, 0.1) is 0 Å². The normalized spacial score (nSPS) is 10.7. The molecule has 0 radical (unpaired) electrons. The van der Waals surface area contributed by atoms with Crippen molar-refractivity contribution in [3.05, 3.63) is 24.3 Å². The van der Waals surface area contributed by atoms with E-state index in [1.165, 1.54) is 0 Å². The first-order valence-corrected chi connectivity index (χ1v) is 6.29. The summed E-state index contributed by atoms with van der Waals surface area (Å²) in [5.74, 6) is 0.236. The molecule has 0 heterocycles. The van der Waals surface area contributed by atoms with Gasteiger partial charge >= 0.3 is 0 Å².